The van der Waals surface area contributed by atoms with Crippen LogP contribution in [-0.4, -0.2) is 9.55 Å². The molecule has 0 N–H and O–H groups in total. The highest BCUT2D eigenvalue weighted by Gasteiger charge is 2.23. The first kappa shape index (κ1) is 27.7. The number of hydrogen-bond donors (Lipinski definition) is 0. The topological polar surface area (TPSA) is 17.8 Å². The molecule has 5 aromatic rings. The third kappa shape index (κ3) is 6.17. The van der Waals surface area contributed by atoms with E-state index >= 15 is 0 Å². The molecule has 5 rings (SSSR count). The molecule has 0 aliphatic heterocycles. The normalized spacial score (nSPS) is 12.1. The van der Waals surface area contributed by atoms with Crippen LogP contribution in [0, 0.1) is 11.6 Å². The molecule has 4 aromatic carbocycles. The average Bonchev–Trinajstić information content (AvgIpc) is 3.28. The van der Waals surface area contributed by atoms with Crippen molar-refractivity contribution in [2.45, 2.75) is 30.2 Å². The Morgan fingerprint density at radius 3 is 2.26 bits per heavy atom. The summed E-state index contributed by atoms with van der Waals surface area (Å²) < 4.78 is 30.6. The lowest BCUT2D eigenvalue weighted by Crippen LogP contribution is -2.07. The van der Waals surface area contributed by atoms with Gasteiger partial charge in [0.2, 0.25) is 0 Å². The fourth-order valence-corrected chi connectivity index (χ4v) is 6.12. The number of thioether (sulfide) groups is 1. The van der Waals surface area contributed by atoms with E-state index in [9.17, 15) is 8.78 Å². The van der Waals surface area contributed by atoms with E-state index in [0.717, 1.165) is 28.2 Å². The molecule has 0 aliphatic rings. The van der Waals surface area contributed by atoms with E-state index in [1.54, 1.807) is 30.3 Å². The maximum absolute atomic E-state index is 14.6. The van der Waals surface area contributed by atoms with Gasteiger partial charge in [0.25, 0.3) is 0 Å². The van der Waals surface area contributed by atoms with Crippen LogP contribution < -0.4 is 0 Å². The minimum Gasteiger partial charge on any atom is -0.291 e. The number of halogens is 5. The summed E-state index contributed by atoms with van der Waals surface area (Å²) in [6.07, 6.45) is 0.605. The molecule has 0 radical (unpaired) electrons. The van der Waals surface area contributed by atoms with E-state index in [2.05, 4.69) is 6.92 Å². The lowest BCUT2D eigenvalue weighted by Gasteiger charge is -2.18. The molecule has 1 heterocycles. The van der Waals surface area contributed by atoms with Crippen LogP contribution >= 0.6 is 46.6 Å². The van der Waals surface area contributed by atoms with Crippen LogP contribution in [-0.2, 0) is 12.2 Å². The Kier molecular flexibility index (Phi) is 8.63. The van der Waals surface area contributed by atoms with Crippen molar-refractivity contribution in [3.05, 3.63) is 135 Å². The van der Waals surface area contributed by atoms with E-state index < -0.39 is 0 Å². The lowest BCUT2D eigenvalue weighted by molar-refractivity contribution is 0.617. The highest BCUT2D eigenvalue weighted by molar-refractivity contribution is 7.98. The second-order valence-corrected chi connectivity index (χ2v) is 11.3. The van der Waals surface area contributed by atoms with Gasteiger partial charge in [0.1, 0.15) is 11.6 Å². The van der Waals surface area contributed by atoms with Crippen molar-refractivity contribution in [1.82, 2.24) is 9.55 Å². The van der Waals surface area contributed by atoms with Crippen molar-refractivity contribution in [3.63, 3.8) is 0 Å². The zero-order valence-corrected chi connectivity index (χ0v) is 23.9. The minimum atomic E-state index is -0.369. The minimum absolute atomic E-state index is 0.0528. The highest BCUT2D eigenvalue weighted by Crippen LogP contribution is 2.37. The zero-order chi connectivity index (χ0) is 27.5. The summed E-state index contributed by atoms with van der Waals surface area (Å²) in [5.41, 5.74) is 4.87. The number of benzene rings is 4. The molecule has 198 valence electrons. The first-order chi connectivity index (χ1) is 18.8. The predicted molar refractivity (Wildman–Crippen MR) is 159 cm³/mol. The number of nitrogens with zero attached hydrogens (tertiary/aromatic N) is 2. The standard InChI is InChI=1S/C31H23Cl3F2N2S/c1-19(21-10-15-26(33)27(34)17-21)16-29-30(20-6-3-2-4-7-20)37-31(38(29)23-13-11-22(35)12-14-23)39-18-24-25(32)8-5-9-28(24)36/h2-15,17,19H,16,18H2,1H3. The van der Waals surface area contributed by atoms with Crippen LogP contribution in [0.5, 0.6) is 0 Å². The number of hydrogen-bond acceptors (Lipinski definition) is 2. The molecule has 0 bridgehead atoms. The summed E-state index contributed by atoms with van der Waals surface area (Å²) in [6.45, 7) is 2.11. The summed E-state index contributed by atoms with van der Waals surface area (Å²) in [5, 5.41) is 2.00. The Balaban J connectivity index is 1.64. The SMILES string of the molecule is CC(Cc1c(-c2ccccc2)nc(SCc2c(F)cccc2Cl)n1-c1ccc(F)cc1)c1ccc(Cl)c(Cl)c1. The summed E-state index contributed by atoms with van der Waals surface area (Å²) in [4.78, 5) is 5.05. The quantitative estimate of drug-likeness (QED) is 0.165. The second kappa shape index (κ2) is 12.1. The monoisotopic (exact) mass is 598 g/mol. The maximum Gasteiger partial charge on any atom is 0.173 e. The van der Waals surface area contributed by atoms with Crippen molar-refractivity contribution in [2.24, 2.45) is 0 Å². The van der Waals surface area contributed by atoms with Crippen LogP contribution in [0.3, 0.4) is 0 Å². The highest BCUT2D eigenvalue weighted by atomic mass is 35.5. The van der Waals surface area contributed by atoms with Crippen molar-refractivity contribution >= 4 is 46.6 Å². The van der Waals surface area contributed by atoms with Gasteiger partial charge in [0.05, 0.1) is 21.4 Å². The van der Waals surface area contributed by atoms with Gasteiger partial charge in [-0.25, -0.2) is 13.8 Å². The average molecular weight is 600 g/mol. The van der Waals surface area contributed by atoms with Gasteiger partial charge in [-0.1, -0.05) is 96.0 Å². The molecule has 1 aromatic heterocycles. The number of aromatic nitrogens is 2. The Morgan fingerprint density at radius 2 is 1.56 bits per heavy atom. The van der Waals surface area contributed by atoms with Gasteiger partial charge in [-0.05, 0) is 66.4 Å². The van der Waals surface area contributed by atoms with Gasteiger partial charge in [0, 0.05) is 27.6 Å². The van der Waals surface area contributed by atoms with Gasteiger partial charge in [-0.2, -0.15) is 0 Å². The molecule has 1 atom stereocenters. The van der Waals surface area contributed by atoms with Crippen LogP contribution in [0.15, 0.2) is 96.2 Å². The number of imidazole rings is 1. The Hall–Kier alpha value is -2.83. The van der Waals surface area contributed by atoms with Crippen LogP contribution in [0.1, 0.15) is 29.7 Å². The molecule has 0 spiro atoms. The van der Waals surface area contributed by atoms with Crippen LogP contribution in [0.4, 0.5) is 8.78 Å². The Morgan fingerprint density at radius 1 is 0.821 bits per heavy atom. The second-order valence-electron chi connectivity index (χ2n) is 9.14. The molecule has 39 heavy (non-hydrogen) atoms. The third-order valence-electron chi connectivity index (χ3n) is 6.49. The molecule has 2 nitrogen and oxygen atoms in total. The first-order valence-electron chi connectivity index (χ1n) is 12.3. The molecule has 1 unspecified atom stereocenters. The van der Waals surface area contributed by atoms with E-state index in [-0.39, 0.29) is 23.3 Å². The summed E-state index contributed by atoms with van der Waals surface area (Å²) >= 11 is 20.2. The largest absolute Gasteiger partial charge is 0.291 e. The van der Waals surface area contributed by atoms with Crippen molar-refractivity contribution in [1.29, 1.82) is 0 Å². The molecule has 0 amide bonds. The van der Waals surface area contributed by atoms with Gasteiger partial charge in [-0.3, -0.25) is 4.57 Å². The molecule has 0 fully saturated rings. The molecule has 8 heteroatoms. The molecule has 0 saturated heterocycles. The van der Waals surface area contributed by atoms with Crippen molar-refractivity contribution < 1.29 is 8.78 Å². The van der Waals surface area contributed by atoms with Crippen molar-refractivity contribution in [2.75, 3.05) is 0 Å². The van der Waals surface area contributed by atoms with E-state index in [1.807, 2.05) is 47.0 Å². The first-order valence-corrected chi connectivity index (χ1v) is 14.4. The fraction of sp³-hybridized carbons (Fsp3) is 0.129. The zero-order valence-electron chi connectivity index (χ0n) is 20.8. The molecule has 0 saturated carbocycles. The number of rotatable bonds is 8. The summed E-state index contributed by atoms with van der Waals surface area (Å²) in [5.74, 6) is -0.372. The summed E-state index contributed by atoms with van der Waals surface area (Å²) in [6, 6.07) is 26.5. The van der Waals surface area contributed by atoms with E-state index in [0.29, 0.717) is 32.2 Å². The maximum atomic E-state index is 14.6. The molecule has 0 aliphatic carbocycles. The molecular formula is C31H23Cl3F2N2S. The fourth-order valence-electron chi connectivity index (χ4n) is 4.43. The van der Waals surface area contributed by atoms with Crippen molar-refractivity contribution in [3.8, 4) is 16.9 Å². The van der Waals surface area contributed by atoms with E-state index in [1.165, 1.54) is 30.0 Å². The lowest BCUT2D eigenvalue weighted by atomic mass is 9.94. The predicted octanol–water partition coefficient (Wildman–Crippen LogP) is 10.4. The Bertz CT molecular complexity index is 1580. The third-order valence-corrected chi connectivity index (χ3v) is 8.55. The van der Waals surface area contributed by atoms with Gasteiger partial charge in [-0.15, -0.1) is 0 Å². The summed E-state index contributed by atoms with van der Waals surface area (Å²) in [7, 11) is 0. The Labute approximate surface area is 245 Å². The molecular weight excluding hydrogens is 577 g/mol. The van der Waals surface area contributed by atoms with Gasteiger partial charge in [0.15, 0.2) is 5.16 Å². The van der Waals surface area contributed by atoms with Crippen LogP contribution in [0.2, 0.25) is 15.1 Å². The smallest absolute Gasteiger partial charge is 0.173 e. The van der Waals surface area contributed by atoms with E-state index in [4.69, 9.17) is 39.8 Å². The van der Waals surface area contributed by atoms with Gasteiger partial charge < -0.3 is 0 Å². The van der Waals surface area contributed by atoms with Gasteiger partial charge >= 0.3 is 0 Å². The van der Waals surface area contributed by atoms with Crippen LogP contribution in [0.25, 0.3) is 16.9 Å².